The second kappa shape index (κ2) is 7.46. The van der Waals surface area contributed by atoms with Crippen LogP contribution in [0.2, 0.25) is 0 Å². The van der Waals surface area contributed by atoms with Gasteiger partial charge in [0.2, 0.25) is 0 Å². The number of hydrogen-bond donors (Lipinski definition) is 5. The van der Waals surface area contributed by atoms with Gasteiger partial charge in [-0.05, 0) is 42.2 Å². The van der Waals surface area contributed by atoms with Crippen molar-refractivity contribution >= 4 is 28.3 Å². The molecule has 0 fully saturated rings. The number of nitrogens with one attached hydrogen (secondary N) is 1. The number of fused-ring (bicyclic) bond motifs is 1. The largest absolute Gasteiger partial charge is 0.508 e. The minimum atomic E-state index is -1.24. The summed E-state index contributed by atoms with van der Waals surface area (Å²) in [4.78, 5) is 16.6. The zero-order valence-corrected chi connectivity index (χ0v) is 17.3. The molecule has 0 bridgehead atoms. The molecule has 0 atom stereocenters. The lowest BCUT2D eigenvalue weighted by Gasteiger charge is -2.25. The maximum absolute atomic E-state index is 12.1. The summed E-state index contributed by atoms with van der Waals surface area (Å²) in [5.74, 6) is 4.42. The number of hydrogen-bond acceptors (Lipinski definition) is 8. The number of aromatic hydroxyl groups is 2. The van der Waals surface area contributed by atoms with Gasteiger partial charge in [0.15, 0.2) is 5.70 Å². The fraction of sp³-hybridized carbons (Fsp3) is 0.182. The SMILES string of the molecule is Cc1cnc2cccc(C3=C(C(=O)O)N(N)NN3c3cc(C(C)C)c(O)cc3O)c2c1. The molecule has 2 heterocycles. The Morgan fingerprint density at radius 3 is 2.58 bits per heavy atom. The summed E-state index contributed by atoms with van der Waals surface area (Å²) in [6.45, 7) is 5.71. The fourth-order valence-electron chi connectivity index (χ4n) is 3.74. The van der Waals surface area contributed by atoms with Crippen LogP contribution in [0.25, 0.3) is 16.6 Å². The molecule has 9 heteroatoms. The summed E-state index contributed by atoms with van der Waals surface area (Å²) in [5, 5.41) is 33.8. The highest BCUT2D eigenvalue weighted by Gasteiger charge is 2.36. The number of carboxylic acids is 1. The van der Waals surface area contributed by atoms with Crippen LogP contribution >= 0.6 is 0 Å². The second-order valence-corrected chi connectivity index (χ2v) is 7.75. The highest BCUT2D eigenvalue weighted by molar-refractivity contribution is 6.05. The van der Waals surface area contributed by atoms with Gasteiger partial charge in [0.1, 0.15) is 22.9 Å². The normalized spacial score (nSPS) is 14.2. The topological polar surface area (TPSA) is 135 Å². The molecular weight excluding hydrogens is 398 g/mol. The number of anilines is 1. The number of carboxylic acid groups (broad SMARTS) is 1. The number of aromatic nitrogens is 1. The molecule has 0 saturated carbocycles. The number of phenols is 2. The third-order valence-corrected chi connectivity index (χ3v) is 5.20. The Morgan fingerprint density at radius 2 is 1.90 bits per heavy atom. The molecule has 6 N–H and O–H groups in total. The lowest BCUT2D eigenvalue weighted by atomic mass is 9.99. The number of nitrogens with zero attached hydrogens (tertiary/aromatic N) is 3. The summed E-state index contributed by atoms with van der Waals surface area (Å²) in [7, 11) is 0. The van der Waals surface area contributed by atoms with Crippen molar-refractivity contribution < 1.29 is 20.1 Å². The molecule has 4 rings (SSSR count). The van der Waals surface area contributed by atoms with Crippen LogP contribution in [0.1, 0.15) is 36.5 Å². The van der Waals surface area contributed by atoms with Crippen molar-refractivity contribution in [1.29, 1.82) is 0 Å². The van der Waals surface area contributed by atoms with Crippen LogP contribution in [0.4, 0.5) is 5.69 Å². The molecule has 0 radical (unpaired) electrons. The molecule has 1 aliphatic heterocycles. The first-order chi connectivity index (χ1) is 14.7. The van der Waals surface area contributed by atoms with E-state index >= 15 is 0 Å². The third-order valence-electron chi connectivity index (χ3n) is 5.20. The first-order valence-corrected chi connectivity index (χ1v) is 9.69. The number of rotatable bonds is 4. The monoisotopic (exact) mass is 421 g/mol. The number of phenolic OH excluding ortho intramolecular Hbond substituents is 2. The quantitative estimate of drug-likeness (QED) is 0.403. The Hall–Kier alpha value is -3.82. The van der Waals surface area contributed by atoms with Crippen LogP contribution in [-0.2, 0) is 4.79 Å². The van der Waals surface area contributed by atoms with E-state index in [1.54, 1.807) is 24.4 Å². The van der Waals surface area contributed by atoms with E-state index in [0.717, 1.165) is 16.1 Å². The predicted octanol–water partition coefficient (Wildman–Crippen LogP) is 2.95. The number of nitrogens with two attached hydrogens (primary N) is 1. The van der Waals surface area contributed by atoms with E-state index in [1.807, 2.05) is 32.9 Å². The summed E-state index contributed by atoms with van der Waals surface area (Å²) >= 11 is 0. The Balaban J connectivity index is 2.02. The van der Waals surface area contributed by atoms with E-state index in [2.05, 4.69) is 10.5 Å². The summed E-state index contributed by atoms with van der Waals surface area (Å²) in [6.07, 6.45) is 1.74. The maximum atomic E-state index is 12.1. The van der Waals surface area contributed by atoms with E-state index in [9.17, 15) is 20.1 Å². The van der Waals surface area contributed by atoms with Gasteiger partial charge in [-0.2, -0.15) is 0 Å². The van der Waals surface area contributed by atoms with Crippen LogP contribution in [-0.4, -0.2) is 31.4 Å². The van der Waals surface area contributed by atoms with E-state index in [4.69, 9.17) is 5.84 Å². The van der Waals surface area contributed by atoms with Crippen LogP contribution in [0, 0.1) is 6.92 Å². The Bertz CT molecular complexity index is 1240. The lowest BCUT2D eigenvalue weighted by molar-refractivity contribution is -0.134. The standard InChI is InChI=1S/C22H23N5O4/c1-11(2)14-8-17(19(29)9-18(14)28)26-20(21(22(30)31)27(23)25-26)13-5-4-6-16-15(13)7-12(3)10-24-16/h4-11,25,28-29H,23H2,1-3H3,(H,30,31). The number of carbonyl (C=O) groups is 1. The van der Waals surface area contributed by atoms with E-state index in [1.165, 1.54) is 11.1 Å². The summed E-state index contributed by atoms with van der Waals surface area (Å²) in [5.41, 5.74) is 5.84. The minimum absolute atomic E-state index is 0.0355. The molecule has 9 nitrogen and oxygen atoms in total. The molecular formula is C22H23N5O4. The number of pyridine rings is 1. The molecule has 0 spiro atoms. The van der Waals surface area contributed by atoms with Gasteiger partial charge in [-0.15, -0.1) is 5.53 Å². The number of aryl methyl sites for hydroxylation is 1. The molecule has 1 aliphatic rings. The molecule has 160 valence electrons. The smallest absolute Gasteiger partial charge is 0.357 e. The van der Waals surface area contributed by atoms with Crippen molar-refractivity contribution in [1.82, 2.24) is 15.6 Å². The van der Waals surface area contributed by atoms with Gasteiger partial charge in [0.25, 0.3) is 0 Å². The Morgan fingerprint density at radius 1 is 1.16 bits per heavy atom. The third kappa shape index (κ3) is 3.39. The van der Waals surface area contributed by atoms with Gasteiger partial charge < -0.3 is 15.3 Å². The number of hydrazine groups is 3. The highest BCUT2D eigenvalue weighted by atomic mass is 16.4. The maximum Gasteiger partial charge on any atom is 0.357 e. The van der Waals surface area contributed by atoms with Gasteiger partial charge in [0, 0.05) is 23.2 Å². The zero-order valence-electron chi connectivity index (χ0n) is 17.3. The van der Waals surface area contributed by atoms with E-state index in [0.29, 0.717) is 16.6 Å². The van der Waals surface area contributed by atoms with Crippen molar-refractivity contribution in [3.63, 3.8) is 0 Å². The summed E-state index contributed by atoms with van der Waals surface area (Å²) in [6, 6.07) is 10.1. The second-order valence-electron chi connectivity index (χ2n) is 7.75. The van der Waals surface area contributed by atoms with Gasteiger partial charge in [-0.3, -0.25) is 9.99 Å². The van der Waals surface area contributed by atoms with Crippen LogP contribution < -0.4 is 16.4 Å². The van der Waals surface area contributed by atoms with Crippen LogP contribution in [0.15, 0.2) is 48.3 Å². The molecule has 0 aliphatic carbocycles. The van der Waals surface area contributed by atoms with Gasteiger partial charge in [0.05, 0.1) is 5.52 Å². The minimum Gasteiger partial charge on any atom is -0.508 e. The predicted molar refractivity (Wildman–Crippen MR) is 117 cm³/mol. The van der Waals surface area contributed by atoms with Gasteiger partial charge in [-0.1, -0.05) is 26.0 Å². The number of aliphatic carboxylic acids is 1. The van der Waals surface area contributed by atoms with Gasteiger partial charge in [-0.25, -0.2) is 15.8 Å². The zero-order chi connectivity index (χ0) is 22.4. The van der Waals surface area contributed by atoms with Crippen molar-refractivity contribution in [2.24, 2.45) is 5.84 Å². The first kappa shape index (κ1) is 20.5. The van der Waals surface area contributed by atoms with Gasteiger partial charge >= 0.3 is 5.97 Å². The first-order valence-electron chi connectivity index (χ1n) is 9.69. The number of benzene rings is 2. The Labute approximate surface area is 178 Å². The van der Waals surface area contributed by atoms with E-state index in [-0.39, 0.29) is 34.5 Å². The van der Waals surface area contributed by atoms with E-state index < -0.39 is 5.97 Å². The van der Waals surface area contributed by atoms with Crippen LogP contribution in [0.5, 0.6) is 11.5 Å². The molecule has 2 aromatic carbocycles. The van der Waals surface area contributed by atoms with Crippen molar-refractivity contribution in [3.8, 4) is 11.5 Å². The fourth-order valence-corrected chi connectivity index (χ4v) is 3.74. The average molecular weight is 421 g/mol. The van der Waals surface area contributed by atoms with Crippen molar-refractivity contribution in [2.75, 3.05) is 5.01 Å². The summed E-state index contributed by atoms with van der Waals surface area (Å²) < 4.78 is 0. The van der Waals surface area contributed by atoms with Crippen molar-refractivity contribution in [2.45, 2.75) is 26.7 Å². The molecule has 0 unspecified atom stereocenters. The van der Waals surface area contributed by atoms with Crippen LogP contribution in [0.3, 0.4) is 0 Å². The molecule has 3 aromatic rings. The van der Waals surface area contributed by atoms with Crippen molar-refractivity contribution in [3.05, 3.63) is 65.0 Å². The molecule has 0 amide bonds. The molecule has 0 saturated heterocycles. The average Bonchev–Trinajstić information content (AvgIpc) is 3.04. The molecule has 1 aromatic heterocycles. The lowest BCUT2D eigenvalue weighted by Crippen LogP contribution is -2.46. The Kier molecular flexibility index (Phi) is 4.92. The molecule has 31 heavy (non-hydrogen) atoms. The highest BCUT2D eigenvalue weighted by Crippen LogP contribution is 2.42.